The van der Waals surface area contributed by atoms with E-state index in [2.05, 4.69) is 26.3 Å². The third-order valence-electron chi connectivity index (χ3n) is 4.21. The minimum atomic E-state index is -4.58. The fourth-order valence-corrected chi connectivity index (χ4v) is 3.33. The predicted molar refractivity (Wildman–Crippen MR) is 115 cm³/mol. The highest BCUT2D eigenvalue weighted by atomic mass is 32.2. The minimum absolute atomic E-state index is 0.0651. The number of aromatic nitrogens is 1. The van der Waals surface area contributed by atoms with Crippen molar-refractivity contribution in [2.75, 3.05) is 12.8 Å². The van der Waals surface area contributed by atoms with Crippen LogP contribution in [-0.2, 0) is 16.0 Å². The molecular formula is C20H23F3N6O2S. The summed E-state index contributed by atoms with van der Waals surface area (Å²) in [6.45, 7) is 4.54. The summed E-state index contributed by atoms with van der Waals surface area (Å²) in [5, 5.41) is 1.37. The molecule has 0 spiro atoms. The van der Waals surface area contributed by atoms with Gasteiger partial charge in [-0.3, -0.25) is 10.9 Å². The van der Waals surface area contributed by atoms with Crippen molar-refractivity contribution in [3.05, 3.63) is 59.9 Å². The number of alkyl halides is 3. The Morgan fingerprint density at radius 1 is 1.16 bits per heavy atom. The lowest BCUT2D eigenvalue weighted by atomic mass is 10.2. The Kier molecular flexibility index (Phi) is 6.86. The summed E-state index contributed by atoms with van der Waals surface area (Å²) >= 11 is 0. The van der Waals surface area contributed by atoms with Crippen molar-refractivity contribution in [3.63, 3.8) is 0 Å². The van der Waals surface area contributed by atoms with Crippen LogP contribution in [0.15, 0.2) is 58.4 Å². The number of hydrazine groups is 3. The molecule has 8 nitrogen and oxygen atoms in total. The van der Waals surface area contributed by atoms with Crippen molar-refractivity contribution in [1.82, 2.24) is 26.5 Å². The normalized spacial score (nSPS) is 16.6. The van der Waals surface area contributed by atoms with Gasteiger partial charge in [0.2, 0.25) is 0 Å². The average Bonchev–Trinajstić information content (AvgIpc) is 2.71. The van der Waals surface area contributed by atoms with Gasteiger partial charge >= 0.3 is 6.18 Å². The molecule has 2 aromatic rings. The van der Waals surface area contributed by atoms with Crippen LogP contribution in [0.2, 0.25) is 0 Å². The summed E-state index contributed by atoms with van der Waals surface area (Å²) in [7, 11) is -3.42. The Morgan fingerprint density at radius 2 is 1.88 bits per heavy atom. The molecule has 0 fully saturated rings. The molecule has 0 radical (unpaired) electrons. The molecular weight excluding hydrogens is 445 g/mol. The van der Waals surface area contributed by atoms with E-state index in [1.807, 2.05) is 13.8 Å². The van der Waals surface area contributed by atoms with Gasteiger partial charge < -0.3 is 0 Å². The van der Waals surface area contributed by atoms with Gasteiger partial charge in [0.15, 0.2) is 9.84 Å². The Morgan fingerprint density at radius 3 is 2.53 bits per heavy atom. The standard InChI is InChI=1S/C20H23F3N6O2S/c1-13(2)12-24-29-27-17(16-8-5-9-18(26-16)20(21,22)23)11-19(28-29)25-14-6-4-7-15(10-14)32(3,30)31/h4-11,13,24,27H,12H2,1-3H3,(H,25,28). The predicted octanol–water partition coefficient (Wildman–Crippen LogP) is 3.06. The highest BCUT2D eigenvalue weighted by Gasteiger charge is 2.33. The zero-order valence-electron chi connectivity index (χ0n) is 17.6. The first kappa shape index (κ1) is 23.7. The summed E-state index contributed by atoms with van der Waals surface area (Å²) in [5.74, 6) is 0.548. The number of benzene rings is 1. The average molecular weight is 469 g/mol. The fraction of sp³-hybridized carbons (Fsp3) is 0.300. The Labute approximate surface area is 184 Å². The lowest BCUT2D eigenvalue weighted by molar-refractivity contribution is -0.141. The second-order valence-corrected chi connectivity index (χ2v) is 9.56. The molecule has 1 aliphatic heterocycles. The number of hydrogen-bond donors (Lipinski definition) is 3. The van der Waals surface area contributed by atoms with Crippen LogP contribution in [0.1, 0.15) is 25.2 Å². The first-order valence-electron chi connectivity index (χ1n) is 9.64. The lowest BCUT2D eigenvalue weighted by Crippen LogP contribution is -2.60. The van der Waals surface area contributed by atoms with E-state index in [-0.39, 0.29) is 28.0 Å². The van der Waals surface area contributed by atoms with Gasteiger partial charge in [-0.15, -0.1) is 0 Å². The first-order valence-corrected chi connectivity index (χ1v) is 11.5. The quantitative estimate of drug-likeness (QED) is 0.599. The SMILES string of the molecule is CC(C)CNN1NC(c2cccc(C(F)(F)F)n2)=CC(=Nc2cccc(S(C)(=O)=O)c2)N1. The molecule has 3 rings (SSSR count). The van der Waals surface area contributed by atoms with Crippen LogP contribution in [0.5, 0.6) is 0 Å². The van der Waals surface area contributed by atoms with Crippen molar-refractivity contribution in [2.45, 2.75) is 24.9 Å². The van der Waals surface area contributed by atoms with Crippen molar-refractivity contribution in [2.24, 2.45) is 10.9 Å². The zero-order chi connectivity index (χ0) is 23.5. The van der Waals surface area contributed by atoms with Gasteiger partial charge in [0.05, 0.1) is 22.0 Å². The number of aliphatic imine (C=N–C) groups is 1. The highest BCUT2D eigenvalue weighted by Crippen LogP contribution is 2.28. The van der Waals surface area contributed by atoms with E-state index < -0.39 is 21.7 Å². The topological polar surface area (TPSA) is 98.7 Å². The summed E-state index contributed by atoms with van der Waals surface area (Å²) < 4.78 is 63.0. The smallest absolute Gasteiger partial charge is 0.285 e. The van der Waals surface area contributed by atoms with Gasteiger partial charge in [-0.2, -0.15) is 13.2 Å². The second-order valence-electron chi connectivity index (χ2n) is 7.55. The molecule has 1 aromatic heterocycles. The Bertz CT molecular complexity index is 1150. The maximum atomic E-state index is 13.1. The molecule has 0 aliphatic carbocycles. The molecule has 12 heteroatoms. The molecule has 0 bridgehead atoms. The van der Waals surface area contributed by atoms with Crippen LogP contribution < -0.4 is 16.3 Å². The molecule has 32 heavy (non-hydrogen) atoms. The molecule has 0 saturated heterocycles. The van der Waals surface area contributed by atoms with Crippen LogP contribution in [0, 0.1) is 5.92 Å². The van der Waals surface area contributed by atoms with Gasteiger partial charge in [0.25, 0.3) is 0 Å². The van der Waals surface area contributed by atoms with Crippen molar-refractivity contribution in [1.29, 1.82) is 0 Å². The molecule has 1 aromatic carbocycles. The van der Waals surface area contributed by atoms with Crippen LogP contribution >= 0.6 is 0 Å². The first-order chi connectivity index (χ1) is 14.9. The van der Waals surface area contributed by atoms with E-state index >= 15 is 0 Å². The van der Waals surface area contributed by atoms with Crippen LogP contribution in [-0.4, -0.2) is 37.3 Å². The number of nitrogens with one attached hydrogen (secondary N) is 3. The molecule has 3 N–H and O–H groups in total. The second kappa shape index (κ2) is 9.27. The number of rotatable bonds is 6. The van der Waals surface area contributed by atoms with Gasteiger partial charge in [-0.25, -0.2) is 23.8 Å². The molecule has 0 unspecified atom stereocenters. The van der Waals surface area contributed by atoms with Crippen LogP contribution in [0.3, 0.4) is 0 Å². The van der Waals surface area contributed by atoms with E-state index in [4.69, 9.17) is 0 Å². The number of sulfone groups is 1. The third kappa shape index (κ3) is 6.28. The van der Waals surface area contributed by atoms with Gasteiger partial charge in [0, 0.05) is 18.9 Å². The van der Waals surface area contributed by atoms with Gasteiger partial charge in [-0.05, 0) is 36.2 Å². The Hall–Kier alpha value is -2.96. The van der Waals surface area contributed by atoms with Gasteiger partial charge in [-0.1, -0.05) is 31.2 Å². The molecule has 2 heterocycles. The van der Waals surface area contributed by atoms with Crippen molar-refractivity contribution in [3.8, 4) is 0 Å². The number of hydrogen-bond acceptors (Lipinski definition) is 7. The van der Waals surface area contributed by atoms with Crippen LogP contribution in [0.25, 0.3) is 5.70 Å². The van der Waals surface area contributed by atoms with Gasteiger partial charge in [0.1, 0.15) is 11.5 Å². The summed E-state index contributed by atoms with van der Waals surface area (Å²) in [6.07, 6.45) is -2.00. The molecule has 0 saturated carbocycles. The van der Waals surface area contributed by atoms with E-state index in [0.29, 0.717) is 12.2 Å². The van der Waals surface area contributed by atoms with E-state index in [1.54, 1.807) is 12.1 Å². The van der Waals surface area contributed by atoms with Crippen LogP contribution in [0.4, 0.5) is 18.9 Å². The summed E-state index contributed by atoms with van der Waals surface area (Å²) in [4.78, 5) is 8.23. The third-order valence-corrected chi connectivity index (χ3v) is 5.32. The van der Waals surface area contributed by atoms with Crippen molar-refractivity contribution < 1.29 is 21.6 Å². The Balaban J connectivity index is 2.00. The number of amidine groups is 1. The fourth-order valence-electron chi connectivity index (χ4n) is 2.67. The van der Waals surface area contributed by atoms with Crippen molar-refractivity contribution >= 4 is 27.1 Å². The maximum absolute atomic E-state index is 13.1. The molecule has 1 aliphatic rings. The number of halogens is 3. The number of nitrogens with zero attached hydrogens (tertiary/aromatic N) is 3. The minimum Gasteiger partial charge on any atom is -0.285 e. The van der Waals surface area contributed by atoms with E-state index in [1.165, 1.54) is 35.6 Å². The largest absolute Gasteiger partial charge is 0.433 e. The zero-order valence-corrected chi connectivity index (χ0v) is 18.4. The molecule has 0 amide bonds. The monoisotopic (exact) mass is 468 g/mol. The number of pyridine rings is 1. The lowest BCUT2D eigenvalue weighted by Gasteiger charge is -2.31. The maximum Gasteiger partial charge on any atom is 0.433 e. The summed E-state index contributed by atoms with van der Waals surface area (Å²) in [6, 6.07) is 9.66. The highest BCUT2D eigenvalue weighted by molar-refractivity contribution is 7.90. The molecule has 172 valence electrons. The summed E-state index contributed by atoms with van der Waals surface area (Å²) in [5.41, 5.74) is 8.60. The van der Waals surface area contributed by atoms with E-state index in [0.717, 1.165) is 12.3 Å². The van der Waals surface area contributed by atoms with E-state index in [9.17, 15) is 21.6 Å². The molecule has 0 atom stereocenters.